The number of rotatable bonds is 9. The van der Waals surface area contributed by atoms with Crippen LogP contribution in [0.2, 0.25) is 0 Å². The van der Waals surface area contributed by atoms with Crippen LogP contribution in [0.5, 0.6) is 5.75 Å². The van der Waals surface area contributed by atoms with Gasteiger partial charge in [0.05, 0.1) is 13.5 Å². The molecule has 0 radical (unpaired) electrons. The van der Waals surface area contributed by atoms with Crippen LogP contribution in [-0.4, -0.2) is 35.4 Å². The monoisotopic (exact) mass is 472 g/mol. The number of nitrogens with one attached hydrogen (secondary N) is 1. The fourth-order valence-electron chi connectivity index (χ4n) is 4.05. The Hall–Kier alpha value is -3.60. The molecule has 0 spiro atoms. The first-order valence-electron chi connectivity index (χ1n) is 12.0. The summed E-state index contributed by atoms with van der Waals surface area (Å²) in [6.07, 6.45) is 0.650. The molecule has 0 saturated carbocycles. The third-order valence-electron chi connectivity index (χ3n) is 5.86. The number of ether oxygens (including phenoxy) is 1. The van der Waals surface area contributed by atoms with Crippen LogP contribution in [0.1, 0.15) is 43.0 Å². The van der Waals surface area contributed by atoms with E-state index in [4.69, 9.17) is 4.74 Å². The molecule has 2 amide bonds. The second-order valence-corrected chi connectivity index (χ2v) is 9.92. The highest BCUT2D eigenvalue weighted by Gasteiger charge is 2.32. The van der Waals surface area contributed by atoms with Crippen molar-refractivity contribution in [3.63, 3.8) is 0 Å². The lowest BCUT2D eigenvalue weighted by molar-refractivity contribution is -0.141. The maximum Gasteiger partial charge on any atom is 0.243 e. The highest BCUT2D eigenvalue weighted by atomic mass is 16.5. The van der Waals surface area contributed by atoms with Gasteiger partial charge in [0.2, 0.25) is 11.8 Å². The van der Waals surface area contributed by atoms with E-state index in [9.17, 15) is 9.59 Å². The number of amides is 2. The van der Waals surface area contributed by atoms with Crippen molar-refractivity contribution in [2.75, 3.05) is 7.11 Å². The van der Waals surface area contributed by atoms with Crippen molar-refractivity contribution in [2.24, 2.45) is 0 Å². The van der Waals surface area contributed by atoms with Gasteiger partial charge in [0.15, 0.2) is 0 Å². The second kappa shape index (κ2) is 11.7. The Morgan fingerprint density at radius 3 is 2.23 bits per heavy atom. The van der Waals surface area contributed by atoms with Crippen LogP contribution in [0, 0.1) is 6.92 Å². The lowest BCUT2D eigenvalue weighted by atomic mass is 9.99. The maximum absolute atomic E-state index is 13.8. The third-order valence-corrected chi connectivity index (χ3v) is 5.86. The Kier molecular flexibility index (Phi) is 8.69. The van der Waals surface area contributed by atoms with Crippen LogP contribution in [0.3, 0.4) is 0 Å². The predicted octanol–water partition coefficient (Wildman–Crippen LogP) is 5.10. The standard InChI is InChI=1S/C30H36N2O3/c1-22-12-9-10-16-25(22)20-28(33)32(21-24-15-11-17-26(18-24)35-5)27(29(34)31-30(2,3)4)19-23-13-7-6-8-14-23/h6-18,27H,19-21H2,1-5H3,(H,31,34)/t27-/m0/s1. The molecular formula is C30H36N2O3. The lowest BCUT2D eigenvalue weighted by Crippen LogP contribution is -2.54. The van der Waals surface area contributed by atoms with Crippen LogP contribution in [0.25, 0.3) is 0 Å². The summed E-state index contributed by atoms with van der Waals surface area (Å²) in [5.41, 5.74) is 3.50. The second-order valence-electron chi connectivity index (χ2n) is 9.92. The minimum atomic E-state index is -0.667. The number of benzene rings is 3. The predicted molar refractivity (Wildman–Crippen MR) is 140 cm³/mol. The van der Waals surface area contributed by atoms with Gasteiger partial charge in [0.25, 0.3) is 0 Å². The molecular weight excluding hydrogens is 436 g/mol. The van der Waals surface area contributed by atoms with E-state index in [1.165, 1.54) is 0 Å². The molecule has 0 bridgehead atoms. The fourth-order valence-corrected chi connectivity index (χ4v) is 4.05. The Bertz CT molecular complexity index is 1140. The van der Waals surface area contributed by atoms with Gasteiger partial charge in [0.1, 0.15) is 11.8 Å². The van der Waals surface area contributed by atoms with Crippen molar-refractivity contribution in [1.82, 2.24) is 10.2 Å². The Labute approximate surface area is 209 Å². The van der Waals surface area contributed by atoms with Gasteiger partial charge in [-0.05, 0) is 62.1 Å². The zero-order valence-corrected chi connectivity index (χ0v) is 21.4. The highest BCUT2D eigenvalue weighted by molar-refractivity contribution is 5.89. The molecule has 0 unspecified atom stereocenters. The number of carbonyl (C=O) groups is 2. The molecule has 0 aromatic heterocycles. The van der Waals surface area contributed by atoms with Crippen LogP contribution >= 0.6 is 0 Å². The first-order valence-corrected chi connectivity index (χ1v) is 12.0. The van der Waals surface area contributed by atoms with Crippen LogP contribution < -0.4 is 10.1 Å². The first kappa shape index (κ1) is 26.0. The van der Waals surface area contributed by atoms with Crippen LogP contribution in [0.4, 0.5) is 0 Å². The van der Waals surface area contributed by atoms with E-state index in [-0.39, 0.29) is 18.2 Å². The zero-order valence-electron chi connectivity index (χ0n) is 21.4. The average Bonchev–Trinajstić information content (AvgIpc) is 2.82. The van der Waals surface area contributed by atoms with Gasteiger partial charge in [-0.15, -0.1) is 0 Å². The third kappa shape index (κ3) is 7.71. The molecule has 0 heterocycles. The number of methoxy groups -OCH3 is 1. The minimum absolute atomic E-state index is 0.0906. The number of carbonyl (C=O) groups excluding carboxylic acids is 2. The van der Waals surface area contributed by atoms with Gasteiger partial charge >= 0.3 is 0 Å². The fraction of sp³-hybridized carbons (Fsp3) is 0.333. The molecule has 0 aliphatic rings. The lowest BCUT2D eigenvalue weighted by Gasteiger charge is -2.34. The molecule has 3 aromatic carbocycles. The molecule has 35 heavy (non-hydrogen) atoms. The van der Waals surface area contributed by atoms with Crippen molar-refractivity contribution >= 4 is 11.8 Å². The van der Waals surface area contributed by atoms with E-state index in [1.807, 2.05) is 107 Å². The number of hydrogen-bond acceptors (Lipinski definition) is 3. The zero-order chi connectivity index (χ0) is 25.4. The molecule has 0 aliphatic heterocycles. The van der Waals surface area contributed by atoms with Crippen LogP contribution in [0.15, 0.2) is 78.9 Å². The van der Waals surface area contributed by atoms with Crippen molar-refractivity contribution < 1.29 is 14.3 Å². The minimum Gasteiger partial charge on any atom is -0.497 e. The summed E-state index contributed by atoms with van der Waals surface area (Å²) in [7, 11) is 1.62. The number of aryl methyl sites for hydroxylation is 1. The summed E-state index contributed by atoms with van der Waals surface area (Å²) < 4.78 is 5.40. The van der Waals surface area contributed by atoms with Crippen molar-refractivity contribution in [3.8, 4) is 5.75 Å². The molecule has 5 nitrogen and oxygen atoms in total. The van der Waals surface area contributed by atoms with Gasteiger partial charge in [0, 0.05) is 18.5 Å². The SMILES string of the molecule is COc1cccc(CN(C(=O)Cc2ccccc2C)[C@@H](Cc2ccccc2)C(=O)NC(C)(C)C)c1. The molecule has 3 aromatic rings. The molecule has 5 heteroatoms. The van der Waals surface area contributed by atoms with E-state index >= 15 is 0 Å². The van der Waals surface area contributed by atoms with E-state index in [2.05, 4.69) is 5.32 Å². The normalized spacial score (nSPS) is 12.0. The van der Waals surface area contributed by atoms with Crippen molar-refractivity contribution in [2.45, 2.75) is 58.7 Å². The summed E-state index contributed by atoms with van der Waals surface area (Å²) in [5, 5.41) is 3.10. The summed E-state index contributed by atoms with van der Waals surface area (Å²) in [6.45, 7) is 8.16. The summed E-state index contributed by atoms with van der Waals surface area (Å²) in [5.74, 6) is 0.460. The molecule has 1 atom stereocenters. The summed E-state index contributed by atoms with van der Waals surface area (Å²) in [6, 6.07) is 24.7. The Morgan fingerprint density at radius 1 is 0.914 bits per heavy atom. The quantitative estimate of drug-likeness (QED) is 0.471. The largest absolute Gasteiger partial charge is 0.497 e. The molecule has 0 fully saturated rings. The molecule has 3 rings (SSSR count). The topological polar surface area (TPSA) is 58.6 Å². The van der Waals surface area contributed by atoms with Gasteiger partial charge in [-0.2, -0.15) is 0 Å². The van der Waals surface area contributed by atoms with E-state index in [0.717, 1.165) is 22.3 Å². The van der Waals surface area contributed by atoms with E-state index in [0.29, 0.717) is 18.7 Å². The molecule has 1 N–H and O–H groups in total. The van der Waals surface area contributed by atoms with Crippen molar-refractivity contribution in [3.05, 3.63) is 101 Å². The van der Waals surface area contributed by atoms with Gasteiger partial charge in [-0.25, -0.2) is 0 Å². The van der Waals surface area contributed by atoms with Crippen LogP contribution in [-0.2, 0) is 29.0 Å². The Morgan fingerprint density at radius 2 is 1.57 bits per heavy atom. The maximum atomic E-state index is 13.8. The number of hydrogen-bond donors (Lipinski definition) is 1. The van der Waals surface area contributed by atoms with E-state index in [1.54, 1.807) is 12.0 Å². The van der Waals surface area contributed by atoms with Gasteiger partial charge < -0.3 is 15.0 Å². The highest BCUT2D eigenvalue weighted by Crippen LogP contribution is 2.20. The average molecular weight is 473 g/mol. The Balaban J connectivity index is 2.01. The van der Waals surface area contributed by atoms with E-state index < -0.39 is 11.6 Å². The van der Waals surface area contributed by atoms with Gasteiger partial charge in [-0.1, -0.05) is 66.7 Å². The summed E-state index contributed by atoms with van der Waals surface area (Å²) >= 11 is 0. The summed E-state index contributed by atoms with van der Waals surface area (Å²) in [4.78, 5) is 29.2. The molecule has 0 aliphatic carbocycles. The number of nitrogens with zero attached hydrogens (tertiary/aromatic N) is 1. The molecule has 0 saturated heterocycles. The van der Waals surface area contributed by atoms with Gasteiger partial charge in [-0.3, -0.25) is 9.59 Å². The molecule has 184 valence electrons. The van der Waals surface area contributed by atoms with Crippen molar-refractivity contribution in [1.29, 1.82) is 0 Å². The first-order chi connectivity index (χ1) is 16.7. The smallest absolute Gasteiger partial charge is 0.243 e.